The number of benzene rings is 1. The number of halogens is 2. The van der Waals surface area contributed by atoms with Gasteiger partial charge in [0.1, 0.15) is 0 Å². The van der Waals surface area contributed by atoms with E-state index in [1.54, 1.807) is 42.6 Å². The average Bonchev–Trinajstić information content (AvgIpc) is 2.84. The predicted octanol–water partition coefficient (Wildman–Crippen LogP) is 4.02. The van der Waals surface area contributed by atoms with Crippen molar-refractivity contribution in [2.24, 2.45) is 0 Å². The van der Waals surface area contributed by atoms with Crippen molar-refractivity contribution in [1.82, 2.24) is 4.57 Å². The summed E-state index contributed by atoms with van der Waals surface area (Å²) in [4.78, 5) is 12.4. The zero-order chi connectivity index (χ0) is 13.8. The van der Waals surface area contributed by atoms with Crippen molar-refractivity contribution in [2.45, 2.75) is 0 Å². The highest BCUT2D eigenvalue weighted by atomic mass is 35.5. The third kappa shape index (κ3) is 2.70. The van der Waals surface area contributed by atoms with Crippen LogP contribution in [0.15, 0.2) is 42.6 Å². The summed E-state index contributed by atoms with van der Waals surface area (Å²) in [6.07, 6.45) is 4.44. The molecule has 3 nitrogen and oxygen atoms in total. The number of rotatable bonds is 2. The predicted molar refractivity (Wildman–Crippen MR) is 75.3 cm³/mol. The number of aromatic nitrogens is 1. The minimum Gasteiger partial charge on any atom is -0.284 e. The van der Waals surface area contributed by atoms with Gasteiger partial charge in [0.25, 0.3) is 5.91 Å². The van der Waals surface area contributed by atoms with E-state index >= 15 is 0 Å². The Morgan fingerprint density at radius 2 is 1.89 bits per heavy atom. The molecule has 0 aliphatic heterocycles. The quantitative estimate of drug-likeness (QED) is 0.784. The van der Waals surface area contributed by atoms with Gasteiger partial charge in [-0.3, -0.25) is 9.36 Å². The second kappa shape index (κ2) is 5.75. The van der Waals surface area contributed by atoms with E-state index in [9.17, 15) is 4.79 Å². The Morgan fingerprint density at radius 1 is 1.21 bits per heavy atom. The van der Waals surface area contributed by atoms with Gasteiger partial charge >= 0.3 is 0 Å². The van der Waals surface area contributed by atoms with Crippen LogP contribution < -0.4 is 0 Å². The van der Waals surface area contributed by atoms with E-state index in [4.69, 9.17) is 28.5 Å². The monoisotopic (exact) mass is 290 g/mol. The van der Waals surface area contributed by atoms with E-state index in [-0.39, 0.29) is 11.5 Å². The van der Waals surface area contributed by atoms with Crippen molar-refractivity contribution >= 4 is 35.2 Å². The van der Waals surface area contributed by atoms with Crippen LogP contribution in [0, 0.1) is 11.3 Å². The fourth-order valence-electron chi connectivity index (χ4n) is 1.66. The molecule has 0 amide bonds. The molecule has 1 aromatic heterocycles. The number of allylic oxidation sites excluding steroid dienone is 1. The molecule has 0 radical (unpaired) electrons. The van der Waals surface area contributed by atoms with Crippen molar-refractivity contribution in [3.05, 3.63) is 63.9 Å². The molecule has 5 heteroatoms. The third-order valence-electron chi connectivity index (χ3n) is 2.50. The van der Waals surface area contributed by atoms with Gasteiger partial charge in [-0.05, 0) is 30.3 Å². The molecule has 0 aliphatic carbocycles. The number of nitrogens with zero attached hydrogens (tertiary/aromatic N) is 2. The molecular weight excluding hydrogens is 283 g/mol. The molecule has 19 heavy (non-hydrogen) atoms. The summed E-state index contributed by atoms with van der Waals surface area (Å²) in [7, 11) is 0. The van der Waals surface area contributed by atoms with Crippen LogP contribution in [0.5, 0.6) is 0 Å². The van der Waals surface area contributed by atoms with E-state index in [0.717, 1.165) is 0 Å². The minimum atomic E-state index is -0.335. The molecular formula is C14H8Cl2N2O. The van der Waals surface area contributed by atoms with Gasteiger partial charge in [0, 0.05) is 18.0 Å². The van der Waals surface area contributed by atoms with Gasteiger partial charge in [-0.25, -0.2) is 0 Å². The largest absolute Gasteiger partial charge is 0.284 e. The number of hydrogen-bond donors (Lipinski definition) is 0. The summed E-state index contributed by atoms with van der Waals surface area (Å²) >= 11 is 12.0. The van der Waals surface area contributed by atoms with Gasteiger partial charge in [0.2, 0.25) is 0 Å². The average molecular weight is 291 g/mol. The van der Waals surface area contributed by atoms with E-state index in [2.05, 4.69) is 0 Å². The van der Waals surface area contributed by atoms with Crippen LogP contribution in [-0.2, 0) is 0 Å². The van der Waals surface area contributed by atoms with Crippen molar-refractivity contribution in [2.75, 3.05) is 0 Å². The maximum Gasteiger partial charge on any atom is 0.265 e. The molecule has 2 aromatic rings. The molecule has 2 rings (SSSR count). The zero-order valence-electron chi connectivity index (χ0n) is 9.68. The summed E-state index contributed by atoms with van der Waals surface area (Å²) in [5.41, 5.74) is 0.830. The number of carbonyl (C=O) groups is 1. The van der Waals surface area contributed by atoms with Crippen molar-refractivity contribution in [3.63, 3.8) is 0 Å². The SMILES string of the molecule is N#C/C=C\c1cccn1C(=O)c1c(Cl)cccc1Cl. The first-order valence-corrected chi connectivity index (χ1v) is 6.13. The van der Waals surface area contributed by atoms with Gasteiger partial charge in [0.15, 0.2) is 0 Å². The normalized spacial score (nSPS) is 10.6. The highest BCUT2D eigenvalue weighted by Gasteiger charge is 2.17. The lowest BCUT2D eigenvalue weighted by Crippen LogP contribution is -2.13. The Labute approximate surface area is 120 Å². The van der Waals surface area contributed by atoms with Crippen LogP contribution in [0.25, 0.3) is 6.08 Å². The van der Waals surface area contributed by atoms with Crippen LogP contribution >= 0.6 is 23.2 Å². The third-order valence-corrected chi connectivity index (χ3v) is 3.13. The van der Waals surface area contributed by atoms with Crippen LogP contribution in [0.2, 0.25) is 10.0 Å². The van der Waals surface area contributed by atoms with Crippen LogP contribution in [0.1, 0.15) is 16.1 Å². The molecule has 1 heterocycles. The van der Waals surface area contributed by atoms with Gasteiger partial charge in [-0.15, -0.1) is 0 Å². The molecule has 0 N–H and O–H groups in total. The number of hydrogen-bond acceptors (Lipinski definition) is 2. The molecule has 0 aliphatic rings. The van der Waals surface area contributed by atoms with Crippen LogP contribution in [0.3, 0.4) is 0 Å². The fourth-order valence-corrected chi connectivity index (χ4v) is 2.22. The first-order valence-electron chi connectivity index (χ1n) is 5.37. The molecule has 0 fully saturated rings. The number of nitriles is 1. The minimum absolute atomic E-state index is 0.244. The summed E-state index contributed by atoms with van der Waals surface area (Å²) < 4.78 is 1.39. The Kier molecular flexibility index (Phi) is 4.06. The standard InChI is InChI=1S/C14H8Cl2N2O/c15-11-6-1-7-12(16)13(11)14(19)18-9-3-5-10(18)4-2-8-17/h1-7,9H/b4-2-. The lowest BCUT2D eigenvalue weighted by atomic mass is 10.2. The fraction of sp³-hybridized carbons (Fsp3) is 0. The van der Waals surface area contributed by atoms with E-state index in [0.29, 0.717) is 15.7 Å². The Morgan fingerprint density at radius 3 is 2.53 bits per heavy atom. The first kappa shape index (κ1) is 13.4. The smallest absolute Gasteiger partial charge is 0.265 e. The van der Waals surface area contributed by atoms with Crippen molar-refractivity contribution < 1.29 is 4.79 Å². The van der Waals surface area contributed by atoms with Crippen molar-refractivity contribution in [3.8, 4) is 6.07 Å². The lowest BCUT2D eigenvalue weighted by Gasteiger charge is -2.08. The van der Waals surface area contributed by atoms with Gasteiger partial charge < -0.3 is 0 Å². The first-order chi connectivity index (χ1) is 9.15. The molecule has 0 saturated heterocycles. The lowest BCUT2D eigenvalue weighted by molar-refractivity contribution is 0.0960. The Balaban J connectivity index is 2.49. The van der Waals surface area contributed by atoms with E-state index in [1.165, 1.54) is 10.6 Å². The van der Waals surface area contributed by atoms with Gasteiger partial charge in [-0.2, -0.15) is 5.26 Å². The maximum absolute atomic E-state index is 12.4. The summed E-state index contributed by atoms with van der Waals surface area (Å²) in [5.74, 6) is -0.335. The van der Waals surface area contributed by atoms with Crippen LogP contribution in [-0.4, -0.2) is 10.5 Å². The maximum atomic E-state index is 12.4. The highest BCUT2D eigenvalue weighted by molar-refractivity contribution is 6.39. The summed E-state index contributed by atoms with van der Waals surface area (Å²) in [6, 6.07) is 10.2. The van der Waals surface area contributed by atoms with E-state index in [1.807, 2.05) is 6.07 Å². The molecule has 0 unspecified atom stereocenters. The molecule has 0 spiro atoms. The van der Waals surface area contributed by atoms with E-state index < -0.39 is 0 Å². The zero-order valence-corrected chi connectivity index (χ0v) is 11.2. The van der Waals surface area contributed by atoms with Crippen molar-refractivity contribution in [1.29, 1.82) is 5.26 Å². The second-order valence-electron chi connectivity index (χ2n) is 3.67. The Hall–Kier alpha value is -2.02. The Bertz CT molecular complexity index is 675. The molecule has 0 atom stereocenters. The van der Waals surface area contributed by atoms with Gasteiger partial charge in [-0.1, -0.05) is 29.3 Å². The van der Waals surface area contributed by atoms with Gasteiger partial charge in [0.05, 0.1) is 21.7 Å². The van der Waals surface area contributed by atoms with Crippen LogP contribution in [0.4, 0.5) is 0 Å². The highest BCUT2D eigenvalue weighted by Crippen LogP contribution is 2.25. The molecule has 1 aromatic carbocycles. The number of carbonyl (C=O) groups excluding carboxylic acids is 1. The molecule has 94 valence electrons. The molecule has 0 bridgehead atoms. The summed E-state index contributed by atoms with van der Waals surface area (Å²) in [6.45, 7) is 0. The molecule has 0 saturated carbocycles. The summed E-state index contributed by atoms with van der Waals surface area (Å²) in [5, 5.41) is 9.11. The topological polar surface area (TPSA) is 45.8 Å². The second-order valence-corrected chi connectivity index (χ2v) is 4.48.